The largest absolute Gasteiger partial charge is 0.396 e. The van der Waals surface area contributed by atoms with Crippen LogP contribution in [0.4, 0.5) is 5.69 Å². The molecule has 0 aliphatic carbocycles. The lowest BCUT2D eigenvalue weighted by Gasteiger charge is -2.13. The monoisotopic (exact) mass is 262 g/mol. The highest BCUT2D eigenvalue weighted by atomic mass is 32.1. The Bertz CT molecular complexity index is 493. The number of aliphatic hydroxyl groups excluding tert-OH is 1. The predicted octanol–water partition coefficient (Wildman–Crippen LogP) is 3.16. The molecule has 4 heteroatoms. The van der Waals surface area contributed by atoms with Gasteiger partial charge in [0.1, 0.15) is 0 Å². The summed E-state index contributed by atoms with van der Waals surface area (Å²) in [5.41, 5.74) is 2.25. The number of hydrogen-bond acceptors (Lipinski definition) is 4. The summed E-state index contributed by atoms with van der Waals surface area (Å²) in [5.74, 6) is 0. The Kier molecular flexibility index (Phi) is 4.33. The fourth-order valence-corrected chi connectivity index (χ4v) is 2.58. The lowest BCUT2D eigenvalue weighted by Crippen LogP contribution is -2.04. The molecule has 0 saturated heterocycles. The SMILES string of the molecule is Cc1ncc(C(C)Nc2ccc(CCO)cc2)s1. The lowest BCUT2D eigenvalue weighted by atomic mass is 10.1. The van der Waals surface area contributed by atoms with Crippen molar-refractivity contribution in [1.82, 2.24) is 4.98 Å². The van der Waals surface area contributed by atoms with Crippen molar-refractivity contribution in [2.24, 2.45) is 0 Å². The van der Waals surface area contributed by atoms with Gasteiger partial charge >= 0.3 is 0 Å². The van der Waals surface area contributed by atoms with Gasteiger partial charge in [-0.15, -0.1) is 11.3 Å². The minimum Gasteiger partial charge on any atom is -0.396 e. The average molecular weight is 262 g/mol. The van der Waals surface area contributed by atoms with Gasteiger partial charge in [0.25, 0.3) is 0 Å². The van der Waals surface area contributed by atoms with E-state index in [4.69, 9.17) is 5.11 Å². The van der Waals surface area contributed by atoms with Crippen LogP contribution in [0.3, 0.4) is 0 Å². The topological polar surface area (TPSA) is 45.2 Å². The first-order valence-corrected chi connectivity index (χ1v) is 6.89. The lowest BCUT2D eigenvalue weighted by molar-refractivity contribution is 0.299. The molecule has 0 bridgehead atoms. The number of anilines is 1. The van der Waals surface area contributed by atoms with E-state index in [1.165, 1.54) is 4.88 Å². The third-order valence-corrected chi connectivity index (χ3v) is 3.90. The Morgan fingerprint density at radius 1 is 1.33 bits per heavy atom. The molecular weight excluding hydrogens is 244 g/mol. The average Bonchev–Trinajstić information content (AvgIpc) is 2.79. The molecule has 96 valence electrons. The Morgan fingerprint density at radius 3 is 2.61 bits per heavy atom. The van der Waals surface area contributed by atoms with Crippen molar-refractivity contribution >= 4 is 17.0 Å². The number of nitrogens with one attached hydrogen (secondary N) is 1. The molecule has 0 aliphatic rings. The zero-order valence-corrected chi connectivity index (χ0v) is 11.5. The van der Waals surface area contributed by atoms with Crippen LogP contribution in [0.1, 0.15) is 28.4 Å². The zero-order chi connectivity index (χ0) is 13.0. The van der Waals surface area contributed by atoms with E-state index in [2.05, 4.69) is 29.4 Å². The minimum absolute atomic E-state index is 0.198. The van der Waals surface area contributed by atoms with Gasteiger partial charge in [-0.1, -0.05) is 12.1 Å². The van der Waals surface area contributed by atoms with Crippen LogP contribution in [-0.2, 0) is 6.42 Å². The van der Waals surface area contributed by atoms with Gasteiger partial charge in [0.2, 0.25) is 0 Å². The van der Waals surface area contributed by atoms with Crippen LogP contribution in [-0.4, -0.2) is 16.7 Å². The van der Waals surface area contributed by atoms with E-state index in [9.17, 15) is 0 Å². The molecule has 1 aromatic carbocycles. The third-order valence-electron chi connectivity index (χ3n) is 2.80. The van der Waals surface area contributed by atoms with Crippen LogP contribution >= 0.6 is 11.3 Å². The molecule has 1 atom stereocenters. The van der Waals surface area contributed by atoms with Gasteiger partial charge in [-0.05, 0) is 38.0 Å². The van der Waals surface area contributed by atoms with E-state index in [-0.39, 0.29) is 12.6 Å². The smallest absolute Gasteiger partial charge is 0.0897 e. The summed E-state index contributed by atoms with van der Waals surface area (Å²) in [6.07, 6.45) is 2.64. The van der Waals surface area contributed by atoms with Gasteiger partial charge in [-0.3, -0.25) is 0 Å². The van der Waals surface area contributed by atoms with Gasteiger partial charge in [0.05, 0.1) is 11.0 Å². The second-order valence-electron chi connectivity index (χ2n) is 4.32. The van der Waals surface area contributed by atoms with Gasteiger partial charge in [0, 0.05) is 23.4 Å². The highest BCUT2D eigenvalue weighted by Gasteiger charge is 2.08. The van der Waals surface area contributed by atoms with Crippen LogP contribution in [0.5, 0.6) is 0 Å². The number of aliphatic hydroxyl groups is 1. The van der Waals surface area contributed by atoms with E-state index in [1.807, 2.05) is 25.3 Å². The fraction of sp³-hybridized carbons (Fsp3) is 0.357. The number of benzene rings is 1. The highest BCUT2D eigenvalue weighted by molar-refractivity contribution is 7.11. The first-order chi connectivity index (χ1) is 8.69. The van der Waals surface area contributed by atoms with Gasteiger partial charge in [-0.2, -0.15) is 0 Å². The van der Waals surface area contributed by atoms with Crippen molar-refractivity contribution in [1.29, 1.82) is 0 Å². The standard InChI is InChI=1S/C14H18N2OS/c1-10(14-9-15-11(2)18-14)16-13-5-3-12(4-6-13)7-8-17/h3-6,9-10,16-17H,7-8H2,1-2H3. The molecule has 0 aliphatic heterocycles. The molecule has 2 rings (SSSR count). The molecule has 2 N–H and O–H groups in total. The number of hydrogen-bond donors (Lipinski definition) is 2. The first kappa shape index (κ1) is 13.1. The van der Waals surface area contributed by atoms with Crippen molar-refractivity contribution in [2.75, 3.05) is 11.9 Å². The van der Waals surface area contributed by atoms with Gasteiger partial charge in [-0.25, -0.2) is 4.98 Å². The third kappa shape index (κ3) is 3.31. The normalized spacial score (nSPS) is 12.4. The van der Waals surface area contributed by atoms with Crippen LogP contribution in [0, 0.1) is 6.92 Å². The molecule has 1 aromatic heterocycles. The van der Waals surface area contributed by atoms with E-state index < -0.39 is 0 Å². The summed E-state index contributed by atoms with van der Waals surface area (Å²) in [4.78, 5) is 5.51. The summed E-state index contributed by atoms with van der Waals surface area (Å²) in [6.45, 7) is 4.35. The maximum Gasteiger partial charge on any atom is 0.0897 e. The van der Waals surface area contributed by atoms with Gasteiger partial charge < -0.3 is 10.4 Å². The molecular formula is C14H18N2OS. The van der Waals surface area contributed by atoms with Gasteiger partial charge in [0.15, 0.2) is 0 Å². The fourth-order valence-electron chi connectivity index (χ4n) is 1.80. The second-order valence-corrected chi connectivity index (χ2v) is 5.58. The summed E-state index contributed by atoms with van der Waals surface area (Å²) in [6, 6.07) is 8.46. The van der Waals surface area contributed by atoms with Crippen LogP contribution in [0.2, 0.25) is 0 Å². The Hall–Kier alpha value is -1.39. The Labute approximate surface area is 112 Å². The highest BCUT2D eigenvalue weighted by Crippen LogP contribution is 2.24. The van der Waals surface area contributed by atoms with Crippen molar-refractivity contribution in [3.63, 3.8) is 0 Å². The van der Waals surface area contributed by atoms with E-state index in [0.29, 0.717) is 6.42 Å². The number of rotatable bonds is 5. The minimum atomic E-state index is 0.198. The van der Waals surface area contributed by atoms with E-state index in [0.717, 1.165) is 16.3 Å². The first-order valence-electron chi connectivity index (χ1n) is 6.07. The summed E-state index contributed by atoms with van der Waals surface area (Å²) in [5, 5.41) is 13.4. The van der Waals surface area contributed by atoms with Crippen LogP contribution in [0.25, 0.3) is 0 Å². The molecule has 0 radical (unpaired) electrons. The molecule has 0 amide bonds. The molecule has 2 aromatic rings. The molecule has 1 unspecified atom stereocenters. The van der Waals surface area contributed by atoms with E-state index in [1.54, 1.807) is 11.3 Å². The number of aromatic nitrogens is 1. The molecule has 0 fully saturated rings. The zero-order valence-electron chi connectivity index (χ0n) is 10.7. The summed E-state index contributed by atoms with van der Waals surface area (Å²) in [7, 11) is 0. The van der Waals surface area contributed by atoms with Crippen LogP contribution in [0.15, 0.2) is 30.5 Å². The van der Waals surface area contributed by atoms with E-state index >= 15 is 0 Å². The maximum absolute atomic E-state index is 8.86. The Morgan fingerprint density at radius 2 is 2.06 bits per heavy atom. The van der Waals surface area contributed by atoms with Crippen LogP contribution < -0.4 is 5.32 Å². The molecule has 18 heavy (non-hydrogen) atoms. The molecule has 0 saturated carbocycles. The Balaban J connectivity index is 2.00. The number of aryl methyl sites for hydroxylation is 1. The van der Waals surface area contributed by atoms with Crippen molar-refractivity contribution < 1.29 is 5.11 Å². The maximum atomic E-state index is 8.86. The number of nitrogens with zero attached hydrogens (tertiary/aromatic N) is 1. The molecule has 3 nitrogen and oxygen atoms in total. The summed E-state index contributed by atoms with van der Waals surface area (Å²) >= 11 is 1.72. The predicted molar refractivity (Wildman–Crippen MR) is 76.1 cm³/mol. The van der Waals surface area contributed by atoms with Crippen molar-refractivity contribution in [2.45, 2.75) is 26.3 Å². The van der Waals surface area contributed by atoms with Crippen molar-refractivity contribution in [3.05, 3.63) is 45.9 Å². The molecule has 1 heterocycles. The quantitative estimate of drug-likeness (QED) is 0.870. The van der Waals surface area contributed by atoms with Crippen molar-refractivity contribution in [3.8, 4) is 0 Å². The summed E-state index contributed by atoms with van der Waals surface area (Å²) < 4.78 is 0. The molecule has 0 spiro atoms. The number of thiazole rings is 1. The second kappa shape index (κ2) is 5.98.